The summed E-state index contributed by atoms with van der Waals surface area (Å²) in [4.78, 5) is 26.3. The van der Waals surface area contributed by atoms with Gasteiger partial charge in [-0.25, -0.2) is 15.0 Å². The van der Waals surface area contributed by atoms with Gasteiger partial charge in [0.1, 0.15) is 23.8 Å². The Morgan fingerprint density at radius 2 is 2.00 bits per heavy atom. The highest BCUT2D eigenvalue weighted by molar-refractivity contribution is 5.93. The summed E-state index contributed by atoms with van der Waals surface area (Å²) in [6.45, 7) is 6.82. The Morgan fingerprint density at radius 3 is 2.71 bits per heavy atom. The van der Waals surface area contributed by atoms with E-state index in [0.29, 0.717) is 29.4 Å². The van der Waals surface area contributed by atoms with E-state index in [4.69, 9.17) is 4.74 Å². The molecule has 0 amide bonds. The molecule has 0 unspecified atom stereocenters. The highest BCUT2D eigenvalue weighted by Gasteiger charge is 2.17. The number of nitrogens with one attached hydrogen (secondary N) is 2. The van der Waals surface area contributed by atoms with Gasteiger partial charge in [-0.1, -0.05) is 0 Å². The molecule has 0 saturated carbocycles. The van der Waals surface area contributed by atoms with Crippen molar-refractivity contribution >= 4 is 28.2 Å². The van der Waals surface area contributed by atoms with E-state index in [0.717, 1.165) is 23.9 Å². The van der Waals surface area contributed by atoms with Crippen molar-refractivity contribution in [1.29, 1.82) is 0 Å². The molecule has 0 radical (unpaired) electrons. The molecular formula is C22H30N6O3. The minimum absolute atomic E-state index is 0.110. The first-order chi connectivity index (χ1) is 14.8. The van der Waals surface area contributed by atoms with Gasteiger partial charge in [-0.05, 0) is 51.1 Å². The van der Waals surface area contributed by atoms with Crippen molar-refractivity contribution in [3.8, 4) is 0 Å². The van der Waals surface area contributed by atoms with Gasteiger partial charge in [-0.2, -0.15) is 0 Å². The van der Waals surface area contributed by atoms with Crippen molar-refractivity contribution in [2.75, 3.05) is 31.0 Å². The Labute approximate surface area is 181 Å². The molecule has 0 aliphatic rings. The third kappa shape index (κ3) is 5.99. The van der Waals surface area contributed by atoms with E-state index in [9.17, 15) is 9.90 Å². The highest BCUT2D eigenvalue weighted by Crippen LogP contribution is 2.26. The largest absolute Gasteiger partial charge is 0.395 e. The van der Waals surface area contributed by atoms with E-state index in [2.05, 4.69) is 25.6 Å². The Balaban J connectivity index is 1.99. The smallest absolute Gasteiger partial charge is 0.262 e. The van der Waals surface area contributed by atoms with Crippen molar-refractivity contribution in [2.24, 2.45) is 0 Å². The van der Waals surface area contributed by atoms with Gasteiger partial charge in [0.15, 0.2) is 0 Å². The molecule has 0 bridgehead atoms. The fourth-order valence-electron chi connectivity index (χ4n) is 3.23. The molecule has 0 aromatic carbocycles. The van der Waals surface area contributed by atoms with Crippen molar-refractivity contribution in [3.63, 3.8) is 0 Å². The lowest BCUT2D eigenvalue weighted by Crippen LogP contribution is -2.29. The van der Waals surface area contributed by atoms with Gasteiger partial charge in [0.25, 0.3) is 5.56 Å². The van der Waals surface area contributed by atoms with Gasteiger partial charge in [-0.3, -0.25) is 4.79 Å². The first-order valence-electron chi connectivity index (χ1n) is 10.3. The maximum absolute atomic E-state index is 13.0. The second-order valence-electron chi connectivity index (χ2n) is 8.35. The number of aromatic nitrogens is 4. The monoisotopic (exact) mass is 426 g/mol. The molecule has 0 aliphatic carbocycles. The summed E-state index contributed by atoms with van der Waals surface area (Å²) in [7, 11) is 1.68. The zero-order valence-electron chi connectivity index (χ0n) is 18.5. The molecule has 31 heavy (non-hydrogen) atoms. The van der Waals surface area contributed by atoms with Crippen molar-refractivity contribution in [2.45, 2.75) is 45.7 Å². The predicted molar refractivity (Wildman–Crippen MR) is 122 cm³/mol. The van der Waals surface area contributed by atoms with Crippen LogP contribution in [-0.2, 0) is 17.7 Å². The minimum atomic E-state index is -0.300. The van der Waals surface area contributed by atoms with Crippen LogP contribution in [0.2, 0.25) is 0 Å². The van der Waals surface area contributed by atoms with Gasteiger partial charge in [0.05, 0.1) is 12.0 Å². The third-order valence-corrected chi connectivity index (χ3v) is 4.55. The van der Waals surface area contributed by atoms with Crippen molar-refractivity contribution in [1.82, 2.24) is 19.5 Å². The number of hydrogen-bond acceptors (Lipinski definition) is 8. The molecule has 3 aromatic rings. The zero-order chi connectivity index (χ0) is 22.4. The molecule has 0 aliphatic heterocycles. The van der Waals surface area contributed by atoms with Crippen LogP contribution >= 0.6 is 0 Å². The molecule has 3 heterocycles. The van der Waals surface area contributed by atoms with Crippen LogP contribution in [0, 0.1) is 0 Å². The lowest BCUT2D eigenvalue weighted by Gasteiger charge is -2.23. The molecule has 166 valence electrons. The zero-order valence-corrected chi connectivity index (χ0v) is 18.5. The molecule has 0 saturated heterocycles. The predicted octanol–water partition coefficient (Wildman–Crippen LogP) is 2.71. The quantitative estimate of drug-likeness (QED) is 0.448. The number of hydrogen-bond donors (Lipinski definition) is 3. The SMILES string of the molecule is COCCCc1cc(Nc2cc3ccn(CCO)c(=O)c3c(NC(C)(C)C)n2)ncn1. The number of aliphatic hydroxyl groups excluding tert-OH is 1. The average molecular weight is 427 g/mol. The van der Waals surface area contributed by atoms with Gasteiger partial charge < -0.3 is 25.0 Å². The standard InChI is InChI=1S/C22H30N6O3/c1-22(2,3)27-20-19-15(7-8-28(9-10-29)21(19)30)12-18(26-20)25-17-13-16(23-14-24-17)6-5-11-31-4/h7-8,12-14,29H,5-6,9-11H2,1-4H3,(H2,23,24,25,26,27). The fraction of sp³-hybridized carbons (Fsp3) is 0.455. The summed E-state index contributed by atoms with van der Waals surface area (Å²) in [5.74, 6) is 1.68. The second kappa shape index (κ2) is 9.84. The average Bonchev–Trinajstić information content (AvgIpc) is 2.69. The summed E-state index contributed by atoms with van der Waals surface area (Å²) in [5, 5.41) is 17.0. The van der Waals surface area contributed by atoms with Crippen molar-refractivity contribution < 1.29 is 9.84 Å². The number of fused-ring (bicyclic) bond motifs is 1. The Morgan fingerprint density at radius 1 is 1.19 bits per heavy atom. The van der Waals surface area contributed by atoms with Crippen LogP contribution in [0.1, 0.15) is 32.9 Å². The Kier molecular flexibility index (Phi) is 7.19. The first kappa shape index (κ1) is 22.6. The van der Waals surface area contributed by atoms with Crippen LogP contribution in [0.4, 0.5) is 17.5 Å². The van der Waals surface area contributed by atoms with Crippen LogP contribution in [0.3, 0.4) is 0 Å². The Bertz CT molecular complexity index is 1090. The van der Waals surface area contributed by atoms with Gasteiger partial charge >= 0.3 is 0 Å². The third-order valence-electron chi connectivity index (χ3n) is 4.55. The number of nitrogens with zero attached hydrogens (tertiary/aromatic N) is 4. The summed E-state index contributed by atoms with van der Waals surface area (Å²) in [5.41, 5.74) is 0.418. The van der Waals surface area contributed by atoms with Crippen molar-refractivity contribution in [3.05, 3.63) is 46.8 Å². The van der Waals surface area contributed by atoms with E-state index >= 15 is 0 Å². The fourth-order valence-corrected chi connectivity index (χ4v) is 3.23. The highest BCUT2D eigenvalue weighted by atomic mass is 16.5. The molecule has 3 aromatic heterocycles. The van der Waals surface area contributed by atoms with Crippen LogP contribution in [0.25, 0.3) is 10.8 Å². The number of ether oxygens (including phenoxy) is 1. The molecule has 0 spiro atoms. The van der Waals surface area contributed by atoms with Gasteiger partial charge in [-0.15, -0.1) is 0 Å². The molecule has 3 N–H and O–H groups in total. The van der Waals surface area contributed by atoms with Gasteiger partial charge in [0, 0.05) is 43.8 Å². The molecule has 0 atom stereocenters. The Hall–Kier alpha value is -3.04. The molecule has 0 fully saturated rings. The maximum Gasteiger partial charge on any atom is 0.262 e. The molecule has 9 nitrogen and oxygen atoms in total. The van der Waals surface area contributed by atoms with E-state index < -0.39 is 0 Å². The molecule has 3 rings (SSSR count). The molecular weight excluding hydrogens is 396 g/mol. The number of aliphatic hydroxyl groups is 1. The summed E-state index contributed by atoms with van der Waals surface area (Å²) in [6, 6.07) is 5.56. The topological polar surface area (TPSA) is 114 Å². The van der Waals surface area contributed by atoms with E-state index in [-0.39, 0.29) is 24.2 Å². The summed E-state index contributed by atoms with van der Waals surface area (Å²) >= 11 is 0. The normalized spacial score (nSPS) is 11.6. The lowest BCUT2D eigenvalue weighted by atomic mass is 10.1. The van der Waals surface area contributed by atoms with Crippen LogP contribution < -0.4 is 16.2 Å². The summed E-state index contributed by atoms with van der Waals surface area (Å²) < 4.78 is 6.59. The van der Waals surface area contributed by atoms with Crippen LogP contribution in [0.15, 0.2) is 35.5 Å². The van der Waals surface area contributed by atoms with E-state index in [1.807, 2.05) is 39.0 Å². The minimum Gasteiger partial charge on any atom is -0.395 e. The second-order valence-corrected chi connectivity index (χ2v) is 8.35. The first-order valence-corrected chi connectivity index (χ1v) is 10.3. The lowest BCUT2D eigenvalue weighted by molar-refractivity contribution is 0.195. The summed E-state index contributed by atoms with van der Waals surface area (Å²) in [6.07, 6.45) is 4.87. The van der Waals surface area contributed by atoms with Crippen LogP contribution in [-0.4, -0.2) is 50.5 Å². The number of methoxy groups -OCH3 is 1. The maximum atomic E-state index is 13.0. The van der Waals surface area contributed by atoms with Crippen LogP contribution in [0.5, 0.6) is 0 Å². The number of rotatable bonds is 9. The van der Waals surface area contributed by atoms with Gasteiger partial charge in [0.2, 0.25) is 0 Å². The van der Waals surface area contributed by atoms with E-state index in [1.54, 1.807) is 13.3 Å². The number of anilines is 3. The number of pyridine rings is 2. The number of aryl methyl sites for hydroxylation is 1. The van der Waals surface area contributed by atoms with E-state index in [1.165, 1.54) is 10.9 Å². The molecule has 9 heteroatoms.